The van der Waals surface area contributed by atoms with Gasteiger partial charge in [0.1, 0.15) is 5.75 Å². The third kappa shape index (κ3) is 5.64. The molecular weight excluding hydrogens is 416 g/mol. The van der Waals surface area contributed by atoms with Crippen molar-refractivity contribution in [3.8, 4) is 17.1 Å². The first-order valence-electron chi connectivity index (χ1n) is 9.68. The highest BCUT2D eigenvalue weighted by atomic mass is 32.2. The Kier molecular flexibility index (Phi) is 7.30. The number of ether oxygens (including phenoxy) is 1. The molecule has 0 bridgehead atoms. The molecule has 0 unspecified atom stereocenters. The Morgan fingerprint density at radius 3 is 2.35 bits per heavy atom. The summed E-state index contributed by atoms with van der Waals surface area (Å²) in [4.78, 5) is 23.1. The molecule has 0 saturated carbocycles. The number of carbonyl (C=O) groups is 2. The molecule has 0 saturated heterocycles. The van der Waals surface area contributed by atoms with E-state index >= 15 is 0 Å². The molecule has 3 aromatic rings. The molecule has 0 atom stereocenters. The zero-order chi connectivity index (χ0) is 22.4. The van der Waals surface area contributed by atoms with Gasteiger partial charge in [-0.25, -0.2) is 0 Å². The molecule has 1 aromatic heterocycles. The van der Waals surface area contributed by atoms with Crippen molar-refractivity contribution >= 4 is 23.6 Å². The molecule has 31 heavy (non-hydrogen) atoms. The Hall–Kier alpha value is -3.33. The Morgan fingerprint density at radius 2 is 1.77 bits per heavy atom. The second-order valence-corrected chi connectivity index (χ2v) is 7.99. The molecule has 1 heterocycles. The van der Waals surface area contributed by atoms with E-state index in [9.17, 15) is 14.7 Å². The number of thioether (sulfide) groups is 1. The van der Waals surface area contributed by atoms with Crippen LogP contribution in [-0.2, 0) is 11.3 Å². The lowest BCUT2D eigenvalue weighted by atomic mass is 10.1. The van der Waals surface area contributed by atoms with Crippen molar-refractivity contribution in [1.29, 1.82) is 0 Å². The molecule has 0 fully saturated rings. The Morgan fingerprint density at radius 1 is 1.10 bits per heavy atom. The Labute approximate surface area is 184 Å². The highest BCUT2D eigenvalue weighted by molar-refractivity contribution is 7.99. The number of aromatic carboxylic acids is 1. The monoisotopic (exact) mass is 439 g/mol. The molecule has 1 amide bonds. The van der Waals surface area contributed by atoms with E-state index < -0.39 is 5.97 Å². The van der Waals surface area contributed by atoms with E-state index in [4.69, 9.17) is 4.74 Å². The minimum Gasteiger partial charge on any atom is -0.545 e. The van der Waals surface area contributed by atoms with Crippen LogP contribution in [0.4, 0.5) is 0 Å². The Bertz CT molecular complexity index is 1050. The largest absolute Gasteiger partial charge is 0.545 e. The van der Waals surface area contributed by atoms with Gasteiger partial charge >= 0.3 is 0 Å². The van der Waals surface area contributed by atoms with Crippen LogP contribution in [0.1, 0.15) is 35.8 Å². The third-order valence-corrected chi connectivity index (χ3v) is 5.48. The first-order chi connectivity index (χ1) is 14.9. The van der Waals surface area contributed by atoms with E-state index in [2.05, 4.69) is 15.5 Å². The standard InChI is InChI=1S/C22H24N4O4S/c1-14(2)26-20(16-8-10-18(30-3)11-9-16)24-25-22(26)31-13-19(27)23-12-15-4-6-17(7-5-15)21(28)29/h4-11,14H,12-13H2,1-3H3,(H,23,27)(H,28,29)/p-1. The van der Waals surface area contributed by atoms with Gasteiger partial charge in [0, 0.05) is 18.2 Å². The third-order valence-electron chi connectivity index (χ3n) is 4.54. The van der Waals surface area contributed by atoms with Crippen molar-refractivity contribution < 1.29 is 19.4 Å². The SMILES string of the molecule is COc1ccc(-c2nnc(SCC(=O)NCc3ccc(C(=O)[O-])cc3)n2C(C)C)cc1. The number of carboxylic acid groups (broad SMARTS) is 1. The summed E-state index contributed by atoms with van der Waals surface area (Å²) < 4.78 is 7.20. The van der Waals surface area contributed by atoms with Crippen LogP contribution >= 0.6 is 11.8 Å². The average Bonchev–Trinajstić information content (AvgIpc) is 3.21. The van der Waals surface area contributed by atoms with E-state index in [0.29, 0.717) is 11.7 Å². The van der Waals surface area contributed by atoms with Crippen molar-refractivity contribution in [3.63, 3.8) is 0 Å². The predicted octanol–water partition coefficient (Wildman–Crippen LogP) is 2.31. The van der Waals surface area contributed by atoms with Gasteiger partial charge in [-0.1, -0.05) is 36.0 Å². The number of carbonyl (C=O) groups excluding carboxylic acids is 2. The lowest BCUT2D eigenvalue weighted by Crippen LogP contribution is -2.25. The summed E-state index contributed by atoms with van der Waals surface area (Å²) in [7, 11) is 1.62. The van der Waals surface area contributed by atoms with Gasteiger partial charge in [-0.15, -0.1) is 10.2 Å². The molecule has 2 aromatic carbocycles. The highest BCUT2D eigenvalue weighted by Crippen LogP contribution is 2.28. The van der Waals surface area contributed by atoms with Crippen LogP contribution in [0.3, 0.4) is 0 Å². The van der Waals surface area contributed by atoms with Crippen molar-refractivity contribution in [2.24, 2.45) is 0 Å². The van der Waals surface area contributed by atoms with Crippen molar-refractivity contribution in [2.45, 2.75) is 31.6 Å². The minimum atomic E-state index is -1.23. The summed E-state index contributed by atoms with van der Waals surface area (Å²) in [6.07, 6.45) is 0. The van der Waals surface area contributed by atoms with Crippen molar-refractivity contribution in [3.05, 3.63) is 59.7 Å². The van der Waals surface area contributed by atoms with Gasteiger partial charge in [-0.05, 0) is 49.2 Å². The van der Waals surface area contributed by atoms with Gasteiger partial charge in [0.2, 0.25) is 5.91 Å². The molecule has 0 aliphatic heterocycles. The molecular formula is C22H23N4O4S-. The van der Waals surface area contributed by atoms with Gasteiger partial charge < -0.3 is 20.0 Å². The average molecular weight is 440 g/mol. The molecule has 0 radical (unpaired) electrons. The predicted molar refractivity (Wildman–Crippen MR) is 116 cm³/mol. The van der Waals surface area contributed by atoms with Crippen LogP contribution in [0.2, 0.25) is 0 Å². The van der Waals surface area contributed by atoms with E-state index in [1.165, 1.54) is 23.9 Å². The fourth-order valence-corrected chi connectivity index (χ4v) is 3.82. The van der Waals surface area contributed by atoms with Crippen LogP contribution < -0.4 is 15.2 Å². The Balaban J connectivity index is 1.62. The second kappa shape index (κ2) is 10.1. The minimum absolute atomic E-state index is 0.103. The first kappa shape index (κ1) is 22.4. The lowest BCUT2D eigenvalue weighted by molar-refractivity contribution is -0.255. The maximum Gasteiger partial charge on any atom is 0.230 e. The summed E-state index contributed by atoms with van der Waals surface area (Å²) in [5.74, 6) is 0.298. The number of hydrogen-bond acceptors (Lipinski definition) is 7. The number of nitrogens with zero attached hydrogens (tertiary/aromatic N) is 3. The van der Waals surface area contributed by atoms with E-state index in [0.717, 1.165) is 22.7 Å². The van der Waals surface area contributed by atoms with Gasteiger partial charge in [-0.2, -0.15) is 0 Å². The summed E-state index contributed by atoms with van der Waals surface area (Å²) in [5, 5.41) is 22.9. The van der Waals surface area contributed by atoms with Crippen LogP contribution in [-0.4, -0.2) is 39.5 Å². The van der Waals surface area contributed by atoms with Crippen LogP contribution in [0.15, 0.2) is 53.7 Å². The van der Waals surface area contributed by atoms with Crippen LogP contribution in [0.5, 0.6) is 5.75 Å². The molecule has 9 heteroatoms. The van der Waals surface area contributed by atoms with E-state index in [1.807, 2.05) is 42.7 Å². The van der Waals surface area contributed by atoms with Crippen LogP contribution in [0, 0.1) is 0 Å². The number of carboxylic acids is 1. The molecule has 0 aliphatic rings. The maximum absolute atomic E-state index is 12.3. The zero-order valence-electron chi connectivity index (χ0n) is 17.5. The van der Waals surface area contributed by atoms with Gasteiger partial charge in [0.15, 0.2) is 11.0 Å². The summed E-state index contributed by atoms with van der Waals surface area (Å²) >= 11 is 1.31. The van der Waals surface area contributed by atoms with Gasteiger partial charge in [0.25, 0.3) is 0 Å². The molecule has 162 valence electrons. The molecule has 0 spiro atoms. The normalized spacial score (nSPS) is 10.8. The smallest absolute Gasteiger partial charge is 0.230 e. The number of hydrogen-bond donors (Lipinski definition) is 1. The molecule has 3 rings (SSSR count). The van der Waals surface area contributed by atoms with E-state index in [1.54, 1.807) is 19.2 Å². The zero-order valence-corrected chi connectivity index (χ0v) is 18.3. The highest BCUT2D eigenvalue weighted by Gasteiger charge is 2.18. The fourth-order valence-electron chi connectivity index (χ4n) is 2.92. The number of nitrogens with one attached hydrogen (secondary N) is 1. The molecule has 0 aliphatic carbocycles. The summed E-state index contributed by atoms with van der Waals surface area (Å²) in [6, 6.07) is 13.9. The van der Waals surface area contributed by atoms with E-state index in [-0.39, 0.29) is 23.3 Å². The van der Waals surface area contributed by atoms with Gasteiger partial charge in [0.05, 0.1) is 18.8 Å². The number of rotatable bonds is 9. The lowest BCUT2D eigenvalue weighted by Gasteiger charge is -2.14. The maximum atomic E-state index is 12.3. The van der Waals surface area contributed by atoms with Crippen LogP contribution in [0.25, 0.3) is 11.4 Å². The fraction of sp³-hybridized carbons (Fsp3) is 0.273. The number of amides is 1. The van der Waals surface area contributed by atoms with Crippen molar-refractivity contribution in [2.75, 3.05) is 12.9 Å². The summed E-state index contributed by atoms with van der Waals surface area (Å²) in [5.41, 5.74) is 1.82. The van der Waals surface area contributed by atoms with Gasteiger partial charge in [-0.3, -0.25) is 9.36 Å². The topological polar surface area (TPSA) is 109 Å². The molecule has 8 nitrogen and oxygen atoms in total. The first-order valence-corrected chi connectivity index (χ1v) is 10.7. The quantitative estimate of drug-likeness (QED) is 0.510. The summed E-state index contributed by atoms with van der Waals surface area (Å²) in [6.45, 7) is 4.38. The number of benzene rings is 2. The molecule has 1 N–H and O–H groups in total. The number of methoxy groups -OCH3 is 1. The second-order valence-electron chi connectivity index (χ2n) is 7.05. The number of aromatic nitrogens is 3. The van der Waals surface area contributed by atoms with Crippen molar-refractivity contribution in [1.82, 2.24) is 20.1 Å².